The lowest BCUT2D eigenvalue weighted by molar-refractivity contribution is -0.134. The zero-order chi connectivity index (χ0) is 29.5. The van der Waals surface area contributed by atoms with Crippen molar-refractivity contribution in [1.82, 2.24) is 15.1 Å². The third kappa shape index (κ3) is 7.92. The number of amides is 2. The molecule has 1 atom stereocenters. The van der Waals surface area contributed by atoms with E-state index in [1.165, 1.54) is 11.0 Å². The molecule has 2 amide bonds. The molecule has 10 nitrogen and oxygen atoms in total. The zero-order valence-corrected chi connectivity index (χ0v) is 24.4. The predicted octanol–water partition coefficient (Wildman–Crippen LogP) is 3.05. The number of hydrogen-bond donors (Lipinski definition) is 1. The highest BCUT2D eigenvalue weighted by atomic mass is 32.1. The van der Waals surface area contributed by atoms with E-state index in [0.29, 0.717) is 67.6 Å². The highest BCUT2D eigenvalue weighted by Gasteiger charge is 2.33. The number of ether oxygens (including phenoxy) is 2. The van der Waals surface area contributed by atoms with E-state index in [4.69, 9.17) is 21.7 Å². The van der Waals surface area contributed by atoms with Gasteiger partial charge in [0.15, 0.2) is 6.61 Å². The Bertz CT molecular complexity index is 1270. The van der Waals surface area contributed by atoms with Crippen LogP contribution in [0.25, 0.3) is 0 Å². The van der Waals surface area contributed by atoms with E-state index in [0.717, 1.165) is 12.1 Å². The first kappa shape index (κ1) is 30.2. The van der Waals surface area contributed by atoms with Gasteiger partial charge in [0, 0.05) is 32.7 Å². The predicted molar refractivity (Wildman–Crippen MR) is 158 cm³/mol. The number of piperazine rings is 1. The topological polar surface area (TPSA) is 94.7 Å². The first-order valence-corrected chi connectivity index (χ1v) is 14.0. The van der Waals surface area contributed by atoms with Crippen LogP contribution in [0.15, 0.2) is 42.5 Å². The Morgan fingerprint density at radius 3 is 2.46 bits per heavy atom. The van der Waals surface area contributed by atoms with Crippen LogP contribution in [-0.2, 0) is 20.8 Å². The summed E-state index contributed by atoms with van der Waals surface area (Å²) in [5.74, 6) is -1.31. The summed E-state index contributed by atoms with van der Waals surface area (Å²) in [7, 11) is 3.93. The van der Waals surface area contributed by atoms with Gasteiger partial charge in [-0.3, -0.25) is 9.69 Å². The number of carbonyl (C=O) groups is 3. The highest BCUT2D eigenvalue weighted by molar-refractivity contribution is 7.80. The number of benzene rings is 2. The van der Waals surface area contributed by atoms with E-state index >= 15 is 4.39 Å². The Labute approximate surface area is 245 Å². The molecule has 41 heavy (non-hydrogen) atoms. The number of thiocarbonyl (C=S) groups is 1. The lowest BCUT2D eigenvalue weighted by Crippen LogP contribution is -2.50. The summed E-state index contributed by atoms with van der Waals surface area (Å²) in [6, 6.07) is 11.8. The fourth-order valence-electron chi connectivity index (χ4n) is 4.72. The van der Waals surface area contributed by atoms with Gasteiger partial charge >= 0.3 is 12.1 Å². The van der Waals surface area contributed by atoms with Crippen molar-refractivity contribution in [1.29, 1.82) is 0 Å². The Morgan fingerprint density at radius 2 is 1.83 bits per heavy atom. The normalized spacial score (nSPS) is 17.0. The Balaban J connectivity index is 1.25. The first-order valence-electron chi connectivity index (χ1n) is 13.6. The van der Waals surface area contributed by atoms with Gasteiger partial charge in [-0.1, -0.05) is 31.3 Å². The van der Waals surface area contributed by atoms with Gasteiger partial charge in [-0.25, -0.2) is 14.0 Å². The van der Waals surface area contributed by atoms with Crippen LogP contribution in [0, 0.1) is 5.82 Å². The molecule has 2 aliphatic rings. The summed E-state index contributed by atoms with van der Waals surface area (Å²) in [6.07, 6.45) is -0.205. The second-order valence-electron chi connectivity index (χ2n) is 10.3. The third-order valence-corrected chi connectivity index (χ3v) is 7.39. The van der Waals surface area contributed by atoms with Crippen LogP contribution in [0.2, 0.25) is 0 Å². The van der Waals surface area contributed by atoms with Gasteiger partial charge < -0.3 is 29.5 Å². The minimum atomic E-state index is -0.551. The summed E-state index contributed by atoms with van der Waals surface area (Å²) in [4.78, 5) is 45.0. The molecule has 2 aliphatic heterocycles. The molecule has 0 spiro atoms. The van der Waals surface area contributed by atoms with Crippen molar-refractivity contribution in [2.75, 3.05) is 69.8 Å². The maximum Gasteiger partial charge on any atom is 0.414 e. The Morgan fingerprint density at radius 1 is 1.12 bits per heavy atom. The van der Waals surface area contributed by atoms with Gasteiger partial charge in [0.05, 0.1) is 35.0 Å². The molecule has 2 aromatic carbocycles. The molecule has 0 saturated carbocycles. The summed E-state index contributed by atoms with van der Waals surface area (Å²) < 4.78 is 25.8. The molecule has 2 aromatic rings. The van der Waals surface area contributed by atoms with Crippen molar-refractivity contribution in [3.63, 3.8) is 0 Å². The van der Waals surface area contributed by atoms with E-state index in [1.54, 1.807) is 29.2 Å². The lowest BCUT2D eigenvalue weighted by atomic mass is 10.1. The first-order chi connectivity index (χ1) is 19.6. The van der Waals surface area contributed by atoms with Crippen molar-refractivity contribution >= 4 is 46.6 Å². The second kappa shape index (κ2) is 13.7. The number of hydrogen-bond acceptors (Lipinski definition) is 8. The number of carbonyl (C=O) groups excluding carboxylic acids is 3. The standard InChI is InChI=1S/C29H36FN5O5S/c1-4-26(41)31-16-23-18-35(29(38)40-23)22-9-10-25(24(30)15-22)33-11-13-34(14-12-33)27(36)19-39-28(37)21-7-5-20(6-8-21)17-32(2)3/h5-10,15,23H,4,11-14,16-19H2,1-3H3,(H,31,41)/t23-/m0/s1. The van der Waals surface area contributed by atoms with Crippen molar-refractivity contribution in [3.05, 3.63) is 59.4 Å². The second-order valence-corrected chi connectivity index (χ2v) is 10.8. The average Bonchev–Trinajstić information content (AvgIpc) is 3.34. The number of esters is 1. The number of anilines is 2. The molecule has 0 bridgehead atoms. The largest absolute Gasteiger partial charge is 0.452 e. The molecule has 0 radical (unpaired) electrons. The summed E-state index contributed by atoms with van der Waals surface area (Å²) in [5.41, 5.74) is 2.27. The van der Waals surface area contributed by atoms with E-state index < -0.39 is 17.9 Å². The van der Waals surface area contributed by atoms with Crippen LogP contribution < -0.4 is 15.1 Å². The number of cyclic esters (lactones) is 1. The zero-order valence-electron chi connectivity index (χ0n) is 23.6. The molecule has 0 aromatic heterocycles. The molecule has 2 heterocycles. The van der Waals surface area contributed by atoms with Crippen molar-refractivity contribution < 1.29 is 28.2 Å². The van der Waals surface area contributed by atoms with E-state index in [1.807, 2.05) is 43.0 Å². The monoisotopic (exact) mass is 585 g/mol. The van der Waals surface area contributed by atoms with E-state index in [9.17, 15) is 14.4 Å². The molecular weight excluding hydrogens is 549 g/mol. The van der Waals surface area contributed by atoms with E-state index in [2.05, 4.69) is 5.32 Å². The smallest absolute Gasteiger partial charge is 0.414 e. The van der Waals surface area contributed by atoms with E-state index in [-0.39, 0.29) is 18.6 Å². The molecule has 12 heteroatoms. The summed E-state index contributed by atoms with van der Waals surface area (Å²) in [6.45, 7) is 4.61. The maximum atomic E-state index is 15.1. The van der Waals surface area contributed by atoms with Gasteiger partial charge in [-0.15, -0.1) is 0 Å². The van der Waals surface area contributed by atoms with Crippen LogP contribution in [0.3, 0.4) is 0 Å². The molecule has 2 fully saturated rings. The summed E-state index contributed by atoms with van der Waals surface area (Å²) >= 11 is 5.15. The number of rotatable bonds is 10. The van der Waals surface area contributed by atoms with Gasteiger partial charge in [-0.2, -0.15) is 0 Å². The van der Waals surface area contributed by atoms with Crippen molar-refractivity contribution in [3.8, 4) is 0 Å². The molecule has 2 saturated heterocycles. The SMILES string of the molecule is CCC(=S)NC[C@H]1CN(c2ccc(N3CCN(C(=O)COC(=O)c4ccc(CN(C)C)cc4)CC3)c(F)c2)C(=O)O1. The number of nitrogens with zero attached hydrogens (tertiary/aromatic N) is 4. The minimum Gasteiger partial charge on any atom is -0.452 e. The van der Waals surface area contributed by atoms with Gasteiger partial charge in [0.25, 0.3) is 5.91 Å². The Kier molecular flexibility index (Phi) is 10.1. The van der Waals surface area contributed by atoms with Crippen molar-refractivity contribution in [2.45, 2.75) is 26.0 Å². The quantitative estimate of drug-likeness (QED) is 0.334. The number of halogens is 1. The summed E-state index contributed by atoms with van der Waals surface area (Å²) in [5, 5.41) is 3.06. The average molecular weight is 586 g/mol. The molecular formula is C29H36FN5O5S. The Hall–Kier alpha value is -3.77. The fourth-order valence-corrected chi connectivity index (χ4v) is 4.80. The molecule has 220 valence electrons. The number of nitrogens with one attached hydrogen (secondary N) is 1. The minimum absolute atomic E-state index is 0.296. The van der Waals surface area contributed by atoms with Crippen LogP contribution in [0.1, 0.15) is 29.3 Å². The molecule has 4 rings (SSSR count). The van der Waals surface area contributed by atoms with Crippen LogP contribution in [0.4, 0.5) is 20.6 Å². The molecule has 0 aliphatic carbocycles. The third-order valence-electron chi connectivity index (χ3n) is 6.95. The van der Waals surface area contributed by atoms with Crippen LogP contribution in [0.5, 0.6) is 0 Å². The van der Waals surface area contributed by atoms with Gasteiger partial charge in [0.2, 0.25) is 0 Å². The van der Waals surface area contributed by atoms with Crippen molar-refractivity contribution in [2.24, 2.45) is 0 Å². The highest BCUT2D eigenvalue weighted by Crippen LogP contribution is 2.28. The fraction of sp³-hybridized carbons (Fsp3) is 0.448. The van der Waals surface area contributed by atoms with Gasteiger partial charge in [0.1, 0.15) is 11.9 Å². The maximum absolute atomic E-state index is 15.1. The van der Waals surface area contributed by atoms with Crippen LogP contribution in [-0.4, -0.2) is 98.8 Å². The van der Waals surface area contributed by atoms with Crippen LogP contribution >= 0.6 is 12.2 Å². The molecule has 0 unspecified atom stereocenters. The molecule has 1 N–H and O–H groups in total. The van der Waals surface area contributed by atoms with Gasteiger partial charge in [-0.05, 0) is 56.4 Å². The lowest BCUT2D eigenvalue weighted by Gasteiger charge is -2.36.